The number of Topliss-reactive ketones (excluding diaryl/α,β-unsaturated/α-hetero) is 2. The number of aliphatic carboxylic acids is 1. The largest absolute Gasteiger partial charge is 0.507 e. The van der Waals surface area contributed by atoms with E-state index >= 15 is 0 Å². The first-order chi connectivity index (χ1) is 34.6. The number of aromatic hydroxyl groups is 1. The molecule has 398 valence electrons. The minimum Gasteiger partial charge on any atom is -0.507 e. The molecule has 4 rings (SSSR count). The number of nitrogen functional groups attached to an aromatic ring is 1. The predicted octanol–water partition coefficient (Wildman–Crippen LogP) is 4.67. The summed E-state index contributed by atoms with van der Waals surface area (Å²) >= 11 is 8.69. The topological polar surface area (TPSA) is 308 Å². The Morgan fingerprint density at radius 2 is 1.53 bits per heavy atom. The van der Waals surface area contributed by atoms with Gasteiger partial charge >= 0.3 is 5.97 Å². The molecule has 3 aromatic rings. The van der Waals surface area contributed by atoms with Crippen LogP contribution in [0.1, 0.15) is 81.6 Å². The summed E-state index contributed by atoms with van der Waals surface area (Å²) < 4.78 is 22.9. The normalized spacial score (nSPS) is 12.3. The smallest absolute Gasteiger partial charge is 0.305 e. The number of nitrogens with two attached hydrogens (primary N) is 1. The molecule has 72 heavy (non-hydrogen) atoms. The number of carboxylic acid groups (broad SMARTS) is 1. The van der Waals surface area contributed by atoms with Crippen LogP contribution in [0.2, 0.25) is 5.02 Å². The molecule has 1 aromatic heterocycles. The van der Waals surface area contributed by atoms with E-state index in [4.69, 9.17) is 46.5 Å². The van der Waals surface area contributed by atoms with Gasteiger partial charge in [0.15, 0.2) is 5.96 Å². The van der Waals surface area contributed by atoms with Gasteiger partial charge in [0.2, 0.25) is 11.8 Å². The molecule has 23 heteroatoms. The molecule has 1 aliphatic rings. The Kier molecular flexibility index (Phi) is 36.0. The Morgan fingerprint density at radius 3 is 2.15 bits per heavy atom. The lowest BCUT2D eigenvalue weighted by atomic mass is 10.0. The summed E-state index contributed by atoms with van der Waals surface area (Å²) in [4.78, 5) is 86.7. The molecule has 2 heterocycles. The van der Waals surface area contributed by atoms with Crippen molar-refractivity contribution in [2.45, 2.75) is 78.2 Å². The highest BCUT2D eigenvalue weighted by molar-refractivity contribution is 9.10. The number of amides is 3. The molecule has 1 atom stereocenters. The molecule has 9 N–H and O–H groups in total. The number of aldehydes is 1. The number of hydrogen-bond acceptors (Lipinski definition) is 17. The maximum Gasteiger partial charge on any atom is 0.305 e. The van der Waals surface area contributed by atoms with Gasteiger partial charge in [0, 0.05) is 69.0 Å². The number of phenolic OH excluding ortho intramolecular Hbond substituents is 1. The third kappa shape index (κ3) is 33.5. The molecule has 0 bridgehead atoms. The zero-order valence-corrected chi connectivity index (χ0v) is 43.5. The van der Waals surface area contributed by atoms with E-state index in [-0.39, 0.29) is 60.8 Å². The molecule has 0 radical (unpaired) electrons. The maximum atomic E-state index is 12.4. The number of rotatable bonds is 30. The number of carbonyl (C=O) groups excluding carboxylic acids is 6. The van der Waals surface area contributed by atoms with Crippen LogP contribution < -0.4 is 32.3 Å². The second-order valence-electron chi connectivity index (χ2n) is 15.2. The van der Waals surface area contributed by atoms with Crippen molar-refractivity contribution in [3.05, 3.63) is 81.5 Å². The van der Waals surface area contributed by atoms with Gasteiger partial charge in [-0.3, -0.25) is 38.7 Å². The first kappa shape index (κ1) is 64.0. The van der Waals surface area contributed by atoms with Crippen molar-refractivity contribution in [3.63, 3.8) is 0 Å². The highest BCUT2D eigenvalue weighted by atomic mass is 79.9. The number of ketones is 2. The van der Waals surface area contributed by atoms with Crippen molar-refractivity contribution in [1.82, 2.24) is 26.3 Å². The number of nitrogens with one attached hydrogen (secondary N) is 5. The van der Waals surface area contributed by atoms with E-state index < -0.39 is 17.8 Å². The van der Waals surface area contributed by atoms with Gasteiger partial charge in [0.25, 0.3) is 5.91 Å². The molecule has 0 saturated carbocycles. The fourth-order valence-corrected chi connectivity index (χ4v) is 6.27. The predicted molar refractivity (Wildman–Crippen MR) is 277 cm³/mol. The fourth-order valence-electron chi connectivity index (χ4n) is 5.59. The van der Waals surface area contributed by atoms with E-state index in [9.17, 15) is 33.6 Å². The minimum atomic E-state index is -1.03. The molecule has 0 spiro atoms. The monoisotopic (exact) mass is 1090 g/mol. The van der Waals surface area contributed by atoms with Gasteiger partial charge < -0.3 is 66.3 Å². The quantitative estimate of drug-likeness (QED) is 0.0195. The van der Waals surface area contributed by atoms with Gasteiger partial charge in [0.1, 0.15) is 23.6 Å². The van der Waals surface area contributed by atoms with Crippen LogP contribution in [-0.4, -0.2) is 148 Å². The zero-order chi connectivity index (χ0) is 53.4. The first-order valence-electron chi connectivity index (χ1n) is 23.5. The maximum absolute atomic E-state index is 12.4. The summed E-state index contributed by atoms with van der Waals surface area (Å²) in [5, 5.41) is 32.0. The molecule has 1 unspecified atom stereocenters. The first-order valence-corrected chi connectivity index (χ1v) is 24.6. The molecule has 21 nitrogen and oxygen atoms in total. The summed E-state index contributed by atoms with van der Waals surface area (Å²) in [5.41, 5.74) is 8.09. The number of carbonyl (C=O) groups is 7. The van der Waals surface area contributed by atoms with Crippen LogP contribution >= 0.6 is 27.5 Å². The molecular formula is C49H70BrClN8O13. The van der Waals surface area contributed by atoms with Crippen LogP contribution in [0, 0.1) is 0 Å². The van der Waals surface area contributed by atoms with Crippen LogP contribution in [-0.2, 0) is 54.1 Å². The number of unbranched alkanes of at least 4 members (excludes halogenated alkanes) is 1. The van der Waals surface area contributed by atoms with Gasteiger partial charge in [-0.1, -0.05) is 37.6 Å². The summed E-state index contributed by atoms with van der Waals surface area (Å²) in [7, 11) is 0. The lowest BCUT2D eigenvalue weighted by Crippen LogP contribution is -2.44. The Morgan fingerprint density at radius 1 is 0.847 bits per heavy atom. The Bertz CT molecular complexity index is 2120. The summed E-state index contributed by atoms with van der Waals surface area (Å²) in [6, 6.07) is 13.8. The van der Waals surface area contributed by atoms with E-state index in [1.54, 1.807) is 18.2 Å². The number of anilines is 2. The van der Waals surface area contributed by atoms with Crippen LogP contribution in [0.4, 0.5) is 11.4 Å². The number of phenols is 1. The fraction of sp³-hybridized carbons (Fsp3) is 0.490. The van der Waals surface area contributed by atoms with Gasteiger partial charge in [-0.2, -0.15) is 0 Å². The van der Waals surface area contributed by atoms with E-state index in [1.807, 2.05) is 38.1 Å². The van der Waals surface area contributed by atoms with Crippen molar-refractivity contribution in [2.75, 3.05) is 90.0 Å². The average Bonchev–Trinajstić information content (AvgIpc) is 3.35. The number of aromatic nitrogens is 1. The number of carboxylic acids is 1. The van der Waals surface area contributed by atoms with Crippen LogP contribution in [0.25, 0.3) is 0 Å². The standard InChI is InChI=1S/C29H45N7O10.C12H15NO2.C6H4BrClO.C2H6/c37-8-2-1-4-25(38)32-7-11-44-13-15-45-14-12-43-9-3-10-46-24-19-34-29(35-20-24)36-23-16-22(17-30-18-23)28(42)33-21-26(39)31-6-5-27(40)41;1-9(14)8-12(15)7-4-10-2-5-11(13)6-3-10;7-5-3-4(8)1-2-6(5)9;1-2/h8,16-18,24H,1-7,9-15,19-21H2,(H,31,39)(H,32,38)(H,33,42)(H,40,41)(H2,34,35,36);2-3,5-6H,4,7-8,13H2,1H3;1-3,9H;1-2H3. The van der Waals surface area contributed by atoms with Crippen molar-refractivity contribution >= 4 is 86.4 Å². The van der Waals surface area contributed by atoms with Crippen molar-refractivity contribution in [1.29, 1.82) is 0 Å². The Balaban J connectivity index is 0.000000802. The molecule has 3 amide bonds. The Labute approximate surface area is 434 Å². The zero-order valence-electron chi connectivity index (χ0n) is 41.2. The number of nitrogens with zero attached hydrogens (tertiary/aromatic N) is 2. The summed E-state index contributed by atoms with van der Waals surface area (Å²) in [6.45, 7) is 9.75. The van der Waals surface area contributed by atoms with Gasteiger partial charge in [-0.05, 0) is 84.1 Å². The van der Waals surface area contributed by atoms with Gasteiger partial charge in [-0.15, -0.1) is 0 Å². The van der Waals surface area contributed by atoms with E-state index in [0.29, 0.717) is 125 Å². The third-order valence-corrected chi connectivity index (χ3v) is 10.0. The van der Waals surface area contributed by atoms with Crippen molar-refractivity contribution in [2.24, 2.45) is 4.99 Å². The number of guanidine groups is 1. The van der Waals surface area contributed by atoms with Crippen LogP contribution in [0.3, 0.4) is 0 Å². The summed E-state index contributed by atoms with van der Waals surface area (Å²) in [6.07, 6.45) is 6.56. The number of ether oxygens (including phenoxy) is 4. The van der Waals surface area contributed by atoms with E-state index in [0.717, 1.165) is 18.3 Å². The third-order valence-electron chi connectivity index (χ3n) is 9.14. The lowest BCUT2D eigenvalue weighted by molar-refractivity contribution is -0.137. The van der Waals surface area contributed by atoms with Crippen molar-refractivity contribution < 1.29 is 62.7 Å². The van der Waals surface area contributed by atoms with E-state index in [2.05, 4.69) is 52.5 Å². The van der Waals surface area contributed by atoms with Crippen LogP contribution in [0.5, 0.6) is 5.75 Å². The van der Waals surface area contributed by atoms with Gasteiger partial charge in [-0.25, -0.2) is 0 Å². The molecule has 0 fully saturated rings. The molecule has 1 aliphatic heterocycles. The number of halogens is 2. The number of aliphatic imine (C=N–C) groups is 1. The molecule has 0 saturated heterocycles. The van der Waals surface area contributed by atoms with E-state index in [1.165, 1.54) is 25.4 Å². The summed E-state index contributed by atoms with van der Waals surface area (Å²) in [5.74, 6) is -1.46. The van der Waals surface area contributed by atoms with Crippen LogP contribution in [0.15, 0.2) is 70.4 Å². The molecule has 0 aliphatic carbocycles. The Hall–Kier alpha value is -6.04. The lowest BCUT2D eigenvalue weighted by Gasteiger charge is -2.24. The highest BCUT2D eigenvalue weighted by Gasteiger charge is 2.17. The highest BCUT2D eigenvalue weighted by Crippen LogP contribution is 2.26. The van der Waals surface area contributed by atoms with Crippen molar-refractivity contribution in [3.8, 4) is 5.75 Å². The number of hydrogen-bond donors (Lipinski definition) is 8. The molecular weight excluding hydrogens is 1020 g/mol. The SMILES string of the molecule is CC.CC(=O)CC(=O)CCc1ccc(N)cc1.O=CCCCC(=O)NCCOCCOCCOCCCOC1CN=C(Nc2cncc(C(=O)NCC(=O)NCCC(=O)O)c2)NC1.Oc1ccc(Cl)cc1Br. The number of aryl methyl sites for hydroxylation is 1. The molecule has 2 aromatic carbocycles. The number of pyridine rings is 1. The minimum absolute atomic E-state index is 0.000625. The second kappa shape index (κ2) is 40.5. The number of benzene rings is 2. The second-order valence-corrected chi connectivity index (χ2v) is 16.5. The van der Waals surface area contributed by atoms with Gasteiger partial charge in [0.05, 0.1) is 87.0 Å². The average molecular weight is 1090 g/mol.